The molecule has 1 aliphatic heterocycles. The third kappa shape index (κ3) is 5.44. The monoisotopic (exact) mass is 512 g/mol. The largest absolute Gasteiger partial charge is 0.393 e. The van der Waals surface area contributed by atoms with Gasteiger partial charge < -0.3 is 15.2 Å². The van der Waals surface area contributed by atoms with Crippen LogP contribution in [-0.2, 0) is 11.2 Å². The number of alkyl halides is 4. The molecule has 11 heteroatoms. The highest BCUT2D eigenvalue weighted by molar-refractivity contribution is 7.23. The number of halogens is 4. The predicted octanol–water partition coefficient (Wildman–Crippen LogP) is 6.58. The second-order valence-electron chi connectivity index (χ2n) is 9.03. The van der Waals surface area contributed by atoms with Gasteiger partial charge in [0.05, 0.1) is 27.7 Å². The molecule has 1 aliphatic rings. The first-order valence-corrected chi connectivity index (χ1v) is 12.6. The van der Waals surface area contributed by atoms with E-state index in [0.717, 1.165) is 17.8 Å². The number of anilines is 1. The van der Waals surface area contributed by atoms with E-state index in [0.29, 0.717) is 35.0 Å². The number of thiophene rings is 1. The third-order valence-electron chi connectivity index (χ3n) is 6.27. The van der Waals surface area contributed by atoms with Crippen LogP contribution >= 0.6 is 11.3 Å². The van der Waals surface area contributed by atoms with Crippen molar-refractivity contribution in [2.75, 3.05) is 5.32 Å². The maximum Gasteiger partial charge on any atom is 0.393 e. The van der Waals surface area contributed by atoms with Crippen LogP contribution in [0.25, 0.3) is 20.8 Å². The van der Waals surface area contributed by atoms with Crippen molar-refractivity contribution in [1.82, 2.24) is 15.5 Å². The first-order chi connectivity index (χ1) is 16.6. The number of aromatic nitrogens is 2. The van der Waals surface area contributed by atoms with Crippen molar-refractivity contribution in [1.29, 1.82) is 0 Å². The molecule has 1 amide bonds. The van der Waals surface area contributed by atoms with Gasteiger partial charge in [-0.25, -0.2) is 4.39 Å². The highest BCUT2D eigenvalue weighted by atomic mass is 32.1. The van der Waals surface area contributed by atoms with Gasteiger partial charge in [0.15, 0.2) is 0 Å². The van der Waals surface area contributed by atoms with E-state index in [2.05, 4.69) is 20.8 Å². The number of benzene rings is 1. The first-order valence-electron chi connectivity index (χ1n) is 11.8. The van der Waals surface area contributed by atoms with E-state index in [1.165, 1.54) is 0 Å². The zero-order valence-corrected chi connectivity index (χ0v) is 20.5. The Morgan fingerprint density at radius 3 is 2.71 bits per heavy atom. The molecule has 2 N–H and O–H groups in total. The number of amides is 1. The summed E-state index contributed by atoms with van der Waals surface area (Å²) in [6.07, 6.45) is -4.68. The minimum atomic E-state index is -4.45. The third-order valence-corrected chi connectivity index (χ3v) is 7.54. The van der Waals surface area contributed by atoms with Gasteiger partial charge in [0, 0.05) is 6.42 Å². The van der Waals surface area contributed by atoms with E-state index in [-0.39, 0.29) is 34.0 Å². The molecule has 0 bridgehead atoms. The van der Waals surface area contributed by atoms with E-state index in [1.54, 1.807) is 25.1 Å². The summed E-state index contributed by atoms with van der Waals surface area (Å²) in [6.45, 7) is 5.59. The quantitative estimate of drug-likeness (QED) is 0.317. The van der Waals surface area contributed by atoms with Crippen molar-refractivity contribution in [3.05, 3.63) is 29.7 Å². The fourth-order valence-electron chi connectivity index (χ4n) is 4.52. The summed E-state index contributed by atoms with van der Waals surface area (Å²) >= 11 is 1.12. The standard InChI is InChI=1S/C24H28F4N4O2S/c1-4-7-16(15(25)5-2)29-17-9-6-8-13-14(11-24(26,27)28)21(35-20(13)17)22-31-23(34-32-22)19-12(3)10-18(33)30-19/h6,8-9,12,15-16,19,29H,4-5,7,10-11H2,1-3H3,(H,30,33)/t12?,15-,16+,19?/m0/s1. The number of rotatable bonds is 9. The average Bonchev–Trinajstić information content (AvgIpc) is 3.49. The Kier molecular flexibility index (Phi) is 7.35. The SMILES string of the molecule is CCC[C@@H](Nc1cccc2c(CC(F)(F)F)c(-c3noc(C4NC(=O)CC4C)n3)sc12)[C@@H](F)CC. The molecule has 6 nitrogen and oxygen atoms in total. The van der Waals surface area contributed by atoms with Gasteiger partial charge in [0.25, 0.3) is 0 Å². The second kappa shape index (κ2) is 10.1. The summed E-state index contributed by atoms with van der Waals surface area (Å²) < 4.78 is 61.3. The molecule has 0 radical (unpaired) electrons. The molecule has 4 rings (SSSR count). The Labute approximate surface area is 204 Å². The maximum atomic E-state index is 14.6. The molecule has 35 heavy (non-hydrogen) atoms. The summed E-state index contributed by atoms with van der Waals surface area (Å²) in [7, 11) is 0. The van der Waals surface area contributed by atoms with Crippen molar-refractivity contribution >= 4 is 33.0 Å². The minimum Gasteiger partial charge on any atom is -0.378 e. The summed E-state index contributed by atoms with van der Waals surface area (Å²) in [5, 5.41) is 10.4. The van der Waals surface area contributed by atoms with Gasteiger partial charge in [0.1, 0.15) is 12.2 Å². The summed E-state index contributed by atoms with van der Waals surface area (Å²) in [5.41, 5.74) is 0.633. The normalized spacial score (nSPS) is 20.3. The lowest BCUT2D eigenvalue weighted by Gasteiger charge is -2.22. The number of nitrogens with one attached hydrogen (secondary N) is 2. The van der Waals surface area contributed by atoms with Crippen LogP contribution in [0.15, 0.2) is 22.7 Å². The molecule has 3 aromatic rings. The second-order valence-corrected chi connectivity index (χ2v) is 10.1. The van der Waals surface area contributed by atoms with Gasteiger partial charge in [-0.05, 0) is 35.8 Å². The van der Waals surface area contributed by atoms with Crippen LogP contribution in [0.1, 0.15) is 64.0 Å². The lowest BCUT2D eigenvalue weighted by molar-refractivity contribution is -0.126. The molecule has 4 atom stereocenters. The molecule has 2 unspecified atom stereocenters. The average molecular weight is 513 g/mol. The minimum absolute atomic E-state index is 0.0433. The molecule has 1 aromatic carbocycles. The zero-order chi connectivity index (χ0) is 25.3. The molecular formula is C24H28F4N4O2S. The van der Waals surface area contributed by atoms with Gasteiger partial charge in [-0.2, -0.15) is 18.2 Å². The molecule has 0 saturated carbocycles. The van der Waals surface area contributed by atoms with E-state index >= 15 is 0 Å². The van der Waals surface area contributed by atoms with E-state index in [1.807, 2.05) is 13.8 Å². The van der Waals surface area contributed by atoms with Crippen molar-refractivity contribution in [3.63, 3.8) is 0 Å². The smallest absolute Gasteiger partial charge is 0.378 e. The van der Waals surface area contributed by atoms with Gasteiger partial charge in [-0.1, -0.05) is 44.5 Å². The van der Waals surface area contributed by atoms with Crippen LogP contribution in [0.5, 0.6) is 0 Å². The van der Waals surface area contributed by atoms with Crippen LogP contribution in [0.3, 0.4) is 0 Å². The van der Waals surface area contributed by atoms with E-state index in [4.69, 9.17) is 4.52 Å². The van der Waals surface area contributed by atoms with Crippen LogP contribution in [0.4, 0.5) is 23.2 Å². The fourth-order valence-corrected chi connectivity index (χ4v) is 5.75. The molecule has 1 fully saturated rings. The Morgan fingerprint density at radius 2 is 2.09 bits per heavy atom. The Hall–Kier alpha value is -2.69. The number of nitrogens with zero attached hydrogens (tertiary/aromatic N) is 2. The zero-order valence-electron chi connectivity index (χ0n) is 19.7. The lowest BCUT2D eigenvalue weighted by atomic mass is 10.0. The molecule has 1 saturated heterocycles. The number of carbonyl (C=O) groups excluding carboxylic acids is 1. The maximum absolute atomic E-state index is 14.6. The van der Waals surface area contributed by atoms with Crippen molar-refractivity contribution in [2.24, 2.45) is 5.92 Å². The number of fused-ring (bicyclic) bond motifs is 1. The summed E-state index contributed by atoms with van der Waals surface area (Å²) in [5.74, 6) is -0.0102. The molecule has 0 spiro atoms. The Balaban J connectivity index is 1.78. The van der Waals surface area contributed by atoms with Gasteiger partial charge in [-0.3, -0.25) is 4.79 Å². The molecule has 3 heterocycles. The van der Waals surface area contributed by atoms with Gasteiger partial charge in [-0.15, -0.1) is 11.3 Å². The van der Waals surface area contributed by atoms with Crippen LogP contribution in [0.2, 0.25) is 0 Å². The summed E-state index contributed by atoms with van der Waals surface area (Å²) in [4.78, 5) is 16.3. The number of carbonyl (C=O) groups is 1. The van der Waals surface area contributed by atoms with Crippen molar-refractivity contribution in [2.45, 2.75) is 77.3 Å². The fraction of sp³-hybridized carbons (Fsp3) is 0.542. The Bertz CT molecular complexity index is 1190. The van der Waals surface area contributed by atoms with Crippen LogP contribution in [-0.4, -0.2) is 34.4 Å². The highest BCUT2D eigenvalue weighted by Crippen LogP contribution is 2.44. The number of hydrogen-bond donors (Lipinski definition) is 2. The van der Waals surface area contributed by atoms with E-state index in [9.17, 15) is 22.4 Å². The molecular weight excluding hydrogens is 484 g/mol. The highest BCUT2D eigenvalue weighted by Gasteiger charge is 2.36. The lowest BCUT2D eigenvalue weighted by Crippen LogP contribution is -2.30. The first kappa shape index (κ1) is 25.4. The summed E-state index contributed by atoms with van der Waals surface area (Å²) in [6, 6.07) is 4.12. The van der Waals surface area contributed by atoms with Crippen molar-refractivity contribution in [3.8, 4) is 10.7 Å². The van der Waals surface area contributed by atoms with Crippen LogP contribution in [0, 0.1) is 5.92 Å². The number of hydrogen-bond acceptors (Lipinski definition) is 6. The van der Waals surface area contributed by atoms with Crippen molar-refractivity contribution < 1.29 is 26.9 Å². The Morgan fingerprint density at radius 1 is 1.31 bits per heavy atom. The van der Waals surface area contributed by atoms with Gasteiger partial charge in [0.2, 0.25) is 17.6 Å². The van der Waals surface area contributed by atoms with Gasteiger partial charge >= 0.3 is 6.18 Å². The van der Waals surface area contributed by atoms with Crippen LogP contribution < -0.4 is 10.6 Å². The molecule has 0 aliphatic carbocycles. The topological polar surface area (TPSA) is 80.0 Å². The predicted molar refractivity (Wildman–Crippen MR) is 127 cm³/mol. The molecule has 190 valence electrons. The van der Waals surface area contributed by atoms with E-state index < -0.39 is 30.9 Å². The molecule has 2 aromatic heterocycles.